The van der Waals surface area contributed by atoms with Crippen molar-refractivity contribution in [2.45, 2.75) is 31.5 Å². The zero-order chi connectivity index (χ0) is 23.9. The lowest BCUT2D eigenvalue weighted by atomic mass is 9.98. The van der Waals surface area contributed by atoms with E-state index < -0.39 is 5.97 Å². The van der Waals surface area contributed by atoms with Gasteiger partial charge >= 0.3 is 5.97 Å². The Morgan fingerprint density at radius 1 is 1.12 bits per heavy atom. The number of carboxylic acids is 1. The number of anilines is 1. The molecule has 2 heterocycles. The first kappa shape index (κ1) is 23.4. The Kier molecular flexibility index (Phi) is 7.48. The van der Waals surface area contributed by atoms with Gasteiger partial charge in [0.2, 0.25) is 5.82 Å². The summed E-state index contributed by atoms with van der Waals surface area (Å²) >= 11 is 1.39. The molecule has 0 aliphatic carbocycles. The molecule has 0 spiro atoms. The second kappa shape index (κ2) is 10.9. The van der Waals surface area contributed by atoms with Crippen molar-refractivity contribution in [3.63, 3.8) is 0 Å². The number of carbonyl (C=O) groups is 1. The molecule has 0 fully saturated rings. The first-order valence-corrected chi connectivity index (χ1v) is 12.1. The van der Waals surface area contributed by atoms with Gasteiger partial charge in [0.15, 0.2) is 5.16 Å². The van der Waals surface area contributed by atoms with Crippen LogP contribution in [0.2, 0.25) is 0 Å². The van der Waals surface area contributed by atoms with Crippen LogP contribution in [0.15, 0.2) is 59.9 Å². The molecule has 0 saturated heterocycles. The number of nitrogens with zero attached hydrogens (tertiary/aromatic N) is 6. The molecule has 0 saturated carbocycles. The first-order valence-electron chi connectivity index (χ1n) is 10.9. The summed E-state index contributed by atoms with van der Waals surface area (Å²) in [5, 5.41) is 24.7. The number of benzene rings is 2. The van der Waals surface area contributed by atoms with Crippen molar-refractivity contribution < 1.29 is 9.90 Å². The van der Waals surface area contributed by atoms with E-state index in [9.17, 15) is 9.90 Å². The first-order chi connectivity index (χ1) is 16.6. The van der Waals surface area contributed by atoms with E-state index in [4.69, 9.17) is 0 Å². The molecule has 0 amide bonds. The summed E-state index contributed by atoms with van der Waals surface area (Å²) in [5.41, 5.74) is 4.09. The van der Waals surface area contributed by atoms with Gasteiger partial charge in [0.05, 0.1) is 0 Å². The van der Waals surface area contributed by atoms with Crippen LogP contribution in [0.4, 0.5) is 5.82 Å². The molecular weight excluding hydrogens is 450 g/mol. The topological polar surface area (TPSA) is 121 Å². The number of carboxylic acid groups (broad SMARTS) is 1. The van der Waals surface area contributed by atoms with E-state index in [1.807, 2.05) is 35.4 Å². The van der Waals surface area contributed by atoms with Crippen LogP contribution in [0.25, 0.3) is 22.5 Å². The molecule has 0 aliphatic rings. The predicted octanol–water partition coefficient (Wildman–Crippen LogP) is 4.55. The lowest BCUT2D eigenvalue weighted by Gasteiger charge is -2.25. The van der Waals surface area contributed by atoms with Gasteiger partial charge in [0.25, 0.3) is 0 Å². The van der Waals surface area contributed by atoms with Crippen molar-refractivity contribution in [3.05, 3.63) is 65.9 Å². The maximum atomic E-state index is 11.9. The molecule has 4 rings (SSSR count). The Morgan fingerprint density at radius 3 is 2.53 bits per heavy atom. The van der Waals surface area contributed by atoms with Crippen molar-refractivity contribution in [2.24, 2.45) is 0 Å². The van der Waals surface area contributed by atoms with Crippen LogP contribution in [0.5, 0.6) is 0 Å². The average Bonchev–Trinajstić information content (AvgIpc) is 3.41. The minimum atomic E-state index is -1.03. The predicted molar refractivity (Wildman–Crippen MR) is 132 cm³/mol. The van der Waals surface area contributed by atoms with Gasteiger partial charge in [-0.3, -0.25) is 0 Å². The van der Waals surface area contributed by atoms with Crippen LogP contribution in [0.3, 0.4) is 0 Å². The third-order valence-electron chi connectivity index (χ3n) is 5.39. The minimum Gasteiger partial charge on any atom is -0.477 e. The van der Waals surface area contributed by atoms with E-state index in [0.29, 0.717) is 29.9 Å². The summed E-state index contributed by atoms with van der Waals surface area (Å²) in [6.07, 6.45) is 5.19. The van der Waals surface area contributed by atoms with Crippen molar-refractivity contribution in [1.82, 2.24) is 30.6 Å². The number of aromatic amines is 1. The van der Waals surface area contributed by atoms with E-state index in [1.165, 1.54) is 18.0 Å². The highest BCUT2D eigenvalue weighted by molar-refractivity contribution is 7.98. The fourth-order valence-corrected chi connectivity index (χ4v) is 4.01. The number of hydrogen-bond donors (Lipinski definition) is 2. The standard InChI is InChI=1S/C24H25N7O2S/c1-3-4-13-31(22-20(23(32)33)14-25-24(26-22)34-2)15-16-9-11-17(12-10-16)18-7-5-6-8-19(18)21-27-29-30-28-21/h5-12,14H,3-4,13,15H2,1-2H3,(H,32,33)(H,27,28,29,30). The maximum Gasteiger partial charge on any atom is 0.341 e. The van der Waals surface area contributed by atoms with Crippen LogP contribution < -0.4 is 4.90 Å². The van der Waals surface area contributed by atoms with Crippen LogP contribution in [0.1, 0.15) is 35.7 Å². The SMILES string of the molecule is CCCCN(Cc1ccc(-c2ccccc2-c2nn[nH]n2)cc1)c1nc(SC)ncc1C(=O)O. The summed E-state index contributed by atoms with van der Waals surface area (Å²) in [6.45, 7) is 3.35. The molecule has 9 nitrogen and oxygen atoms in total. The van der Waals surface area contributed by atoms with Crippen LogP contribution in [0, 0.1) is 0 Å². The van der Waals surface area contributed by atoms with Crippen molar-refractivity contribution in [1.29, 1.82) is 0 Å². The number of rotatable bonds is 10. The van der Waals surface area contributed by atoms with E-state index >= 15 is 0 Å². The zero-order valence-corrected chi connectivity index (χ0v) is 19.8. The van der Waals surface area contributed by atoms with E-state index in [-0.39, 0.29) is 5.56 Å². The maximum absolute atomic E-state index is 11.9. The minimum absolute atomic E-state index is 0.111. The van der Waals surface area contributed by atoms with E-state index in [0.717, 1.165) is 35.1 Å². The third-order valence-corrected chi connectivity index (χ3v) is 5.95. The molecule has 0 bridgehead atoms. The summed E-state index contributed by atoms with van der Waals surface area (Å²) in [5.74, 6) is -0.0376. The Labute approximate surface area is 201 Å². The largest absolute Gasteiger partial charge is 0.477 e. The number of thioether (sulfide) groups is 1. The highest BCUT2D eigenvalue weighted by Gasteiger charge is 2.20. The van der Waals surface area contributed by atoms with Gasteiger partial charge in [0, 0.05) is 24.8 Å². The van der Waals surface area contributed by atoms with Crippen LogP contribution >= 0.6 is 11.8 Å². The van der Waals surface area contributed by atoms with Gasteiger partial charge in [0.1, 0.15) is 11.4 Å². The number of aromatic carboxylic acids is 1. The molecule has 4 aromatic rings. The average molecular weight is 476 g/mol. The molecule has 0 unspecified atom stereocenters. The Hall–Kier alpha value is -3.79. The summed E-state index contributed by atoms with van der Waals surface area (Å²) in [7, 11) is 0. The monoisotopic (exact) mass is 475 g/mol. The molecule has 0 radical (unpaired) electrons. The summed E-state index contributed by atoms with van der Waals surface area (Å²) in [4.78, 5) is 22.6. The smallest absolute Gasteiger partial charge is 0.341 e. The number of H-pyrrole nitrogens is 1. The Morgan fingerprint density at radius 2 is 1.88 bits per heavy atom. The van der Waals surface area contributed by atoms with Gasteiger partial charge in [-0.1, -0.05) is 73.6 Å². The van der Waals surface area contributed by atoms with Gasteiger partial charge in [-0.2, -0.15) is 5.21 Å². The quantitative estimate of drug-likeness (QED) is 0.251. The number of tetrazole rings is 1. The molecule has 2 aromatic carbocycles. The highest BCUT2D eigenvalue weighted by atomic mass is 32.2. The van der Waals surface area contributed by atoms with Crippen molar-refractivity contribution >= 4 is 23.5 Å². The lowest BCUT2D eigenvalue weighted by molar-refractivity contribution is 0.0696. The van der Waals surface area contributed by atoms with Crippen LogP contribution in [-0.2, 0) is 6.54 Å². The van der Waals surface area contributed by atoms with Crippen LogP contribution in [-0.4, -0.2) is 54.5 Å². The zero-order valence-electron chi connectivity index (χ0n) is 19.0. The third kappa shape index (κ3) is 5.23. The Bertz CT molecular complexity index is 1250. The number of nitrogens with one attached hydrogen (secondary N) is 1. The molecule has 0 aliphatic heterocycles. The molecule has 34 heavy (non-hydrogen) atoms. The normalized spacial score (nSPS) is 10.9. The van der Waals surface area contributed by atoms with Gasteiger partial charge in [-0.25, -0.2) is 14.8 Å². The summed E-state index contributed by atoms with van der Waals surface area (Å²) in [6, 6.07) is 16.1. The van der Waals surface area contributed by atoms with E-state index in [2.05, 4.69) is 61.8 Å². The lowest BCUT2D eigenvalue weighted by Crippen LogP contribution is -2.27. The molecule has 0 atom stereocenters. The second-order valence-corrected chi connectivity index (χ2v) is 8.43. The van der Waals surface area contributed by atoms with Gasteiger partial charge < -0.3 is 10.0 Å². The van der Waals surface area contributed by atoms with Gasteiger partial charge in [-0.05, 0) is 34.6 Å². The fourth-order valence-electron chi connectivity index (χ4n) is 3.67. The van der Waals surface area contributed by atoms with Crippen molar-refractivity contribution in [2.75, 3.05) is 17.7 Å². The summed E-state index contributed by atoms with van der Waals surface area (Å²) < 4.78 is 0. The molecule has 174 valence electrons. The fraction of sp³-hybridized carbons (Fsp3) is 0.250. The molecule has 2 aromatic heterocycles. The molecule has 2 N–H and O–H groups in total. The highest BCUT2D eigenvalue weighted by Crippen LogP contribution is 2.30. The van der Waals surface area contributed by atoms with E-state index in [1.54, 1.807) is 0 Å². The number of hydrogen-bond acceptors (Lipinski definition) is 8. The molecular formula is C24H25N7O2S. The second-order valence-electron chi connectivity index (χ2n) is 7.65. The van der Waals surface area contributed by atoms with Gasteiger partial charge in [-0.15, -0.1) is 10.2 Å². The Balaban J connectivity index is 1.64. The number of unbranched alkanes of at least 4 members (excludes halogenated alkanes) is 1. The molecule has 10 heteroatoms. The van der Waals surface area contributed by atoms with Crippen molar-refractivity contribution in [3.8, 4) is 22.5 Å². The number of aromatic nitrogens is 6.